The molecule has 1 aromatic carbocycles. The molecule has 0 aliphatic heterocycles. The van der Waals surface area contributed by atoms with Crippen molar-refractivity contribution >= 4 is 11.0 Å². The van der Waals surface area contributed by atoms with Crippen LogP contribution in [0, 0.1) is 11.3 Å². The van der Waals surface area contributed by atoms with Crippen LogP contribution in [-0.4, -0.2) is 7.11 Å². The Kier molecular flexibility index (Phi) is 2.14. The second-order valence-corrected chi connectivity index (χ2v) is 2.92. The minimum Gasteiger partial charge on any atom is -0.495 e. The molecule has 0 atom stereocenters. The third-order valence-corrected chi connectivity index (χ3v) is 2.08. The number of nitriles is 1. The Balaban J connectivity index is 2.89. The van der Waals surface area contributed by atoms with Gasteiger partial charge in [-0.3, -0.25) is 0 Å². The lowest BCUT2D eigenvalue weighted by Crippen LogP contribution is -1.96. The number of fused-ring (bicyclic) bond motifs is 1. The van der Waals surface area contributed by atoms with Gasteiger partial charge in [-0.1, -0.05) is 0 Å². The fourth-order valence-corrected chi connectivity index (χ4v) is 1.43. The second kappa shape index (κ2) is 3.46. The third-order valence-electron chi connectivity index (χ3n) is 2.08. The van der Waals surface area contributed by atoms with Crippen molar-refractivity contribution in [3.05, 3.63) is 40.2 Å². The van der Waals surface area contributed by atoms with E-state index in [1.54, 1.807) is 18.2 Å². The third kappa shape index (κ3) is 1.44. The number of ether oxygens (including phenoxy) is 1. The van der Waals surface area contributed by atoms with Crippen molar-refractivity contribution in [1.82, 2.24) is 0 Å². The molecule has 4 nitrogen and oxygen atoms in total. The normalized spacial score (nSPS) is 9.87. The lowest BCUT2D eigenvalue weighted by atomic mass is 10.1. The summed E-state index contributed by atoms with van der Waals surface area (Å²) in [4.78, 5) is 11.0. The van der Waals surface area contributed by atoms with Gasteiger partial charge in [0.2, 0.25) is 0 Å². The standard InChI is InChI=1S/C11H7NO3/c1-14-11-7(6-12)2-4-9-8(11)3-5-10(13)15-9/h2-5H,1H3. The zero-order valence-corrected chi connectivity index (χ0v) is 7.98. The average Bonchev–Trinajstić information content (AvgIpc) is 2.27. The van der Waals surface area contributed by atoms with Crippen LogP contribution in [-0.2, 0) is 0 Å². The van der Waals surface area contributed by atoms with Crippen LogP contribution in [0.2, 0.25) is 0 Å². The first-order valence-corrected chi connectivity index (χ1v) is 4.27. The molecule has 0 bridgehead atoms. The number of rotatable bonds is 1. The lowest BCUT2D eigenvalue weighted by molar-refractivity contribution is 0.417. The maximum Gasteiger partial charge on any atom is 0.336 e. The first-order chi connectivity index (χ1) is 7.26. The number of methoxy groups -OCH3 is 1. The molecule has 2 aromatic rings. The summed E-state index contributed by atoms with van der Waals surface area (Å²) in [6.45, 7) is 0. The molecule has 1 heterocycles. The summed E-state index contributed by atoms with van der Waals surface area (Å²) in [5.41, 5.74) is 0.409. The summed E-state index contributed by atoms with van der Waals surface area (Å²) in [5, 5.41) is 9.46. The van der Waals surface area contributed by atoms with Gasteiger partial charge >= 0.3 is 5.63 Å². The highest BCUT2D eigenvalue weighted by atomic mass is 16.5. The van der Waals surface area contributed by atoms with Crippen LogP contribution in [0.1, 0.15) is 5.56 Å². The molecule has 0 aliphatic rings. The molecule has 0 fully saturated rings. The molecule has 2 rings (SSSR count). The molecule has 0 spiro atoms. The zero-order chi connectivity index (χ0) is 10.8. The Morgan fingerprint density at radius 3 is 2.80 bits per heavy atom. The number of benzene rings is 1. The topological polar surface area (TPSA) is 63.2 Å². The van der Waals surface area contributed by atoms with Gasteiger partial charge in [0, 0.05) is 6.07 Å². The quantitative estimate of drug-likeness (QED) is 0.658. The van der Waals surface area contributed by atoms with E-state index < -0.39 is 5.63 Å². The van der Waals surface area contributed by atoms with Gasteiger partial charge in [-0.15, -0.1) is 0 Å². The monoisotopic (exact) mass is 201 g/mol. The van der Waals surface area contributed by atoms with E-state index in [4.69, 9.17) is 14.4 Å². The van der Waals surface area contributed by atoms with Gasteiger partial charge in [0.15, 0.2) is 0 Å². The van der Waals surface area contributed by atoms with Crippen molar-refractivity contribution in [2.24, 2.45) is 0 Å². The highest BCUT2D eigenvalue weighted by Crippen LogP contribution is 2.27. The van der Waals surface area contributed by atoms with E-state index in [1.165, 1.54) is 13.2 Å². The highest BCUT2D eigenvalue weighted by molar-refractivity contribution is 5.86. The van der Waals surface area contributed by atoms with E-state index in [2.05, 4.69) is 0 Å². The fraction of sp³-hybridized carbons (Fsp3) is 0.0909. The van der Waals surface area contributed by atoms with Crippen LogP contribution in [0.15, 0.2) is 33.5 Å². The fourth-order valence-electron chi connectivity index (χ4n) is 1.43. The largest absolute Gasteiger partial charge is 0.495 e. The summed E-state index contributed by atoms with van der Waals surface area (Å²) >= 11 is 0. The molecule has 15 heavy (non-hydrogen) atoms. The van der Waals surface area contributed by atoms with Gasteiger partial charge < -0.3 is 9.15 Å². The maximum atomic E-state index is 11.0. The van der Waals surface area contributed by atoms with Crippen molar-refractivity contribution in [3.8, 4) is 11.8 Å². The van der Waals surface area contributed by atoms with E-state index in [0.29, 0.717) is 22.3 Å². The molecule has 0 saturated heterocycles. The summed E-state index contributed by atoms with van der Waals surface area (Å²) < 4.78 is 10.1. The molecule has 0 amide bonds. The van der Waals surface area contributed by atoms with E-state index in [9.17, 15) is 4.79 Å². The van der Waals surface area contributed by atoms with Crippen molar-refractivity contribution in [3.63, 3.8) is 0 Å². The molecule has 1 aromatic heterocycles. The van der Waals surface area contributed by atoms with Gasteiger partial charge in [-0.05, 0) is 18.2 Å². The number of hydrogen-bond donors (Lipinski definition) is 0. The Labute approximate surface area is 85.3 Å². The van der Waals surface area contributed by atoms with E-state index in [-0.39, 0.29) is 0 Å². The van der Waals surface area contributed by atoms with Crippen LogP contribution < -0.4 is 10.4 Å². The van der Waals surface area contributed by atoms with Gasteiger partial charge in [-0.2, -0.15) is 5.26 Å². The molecular formula is C11H7NO3. The summed E-state index contributed by atoms with van der Waals surface area (Å²) in [5.74, 6) is 0.429. The highest BCUT2D eigenvalue weighted by Gasteiger charge is 2.08. The summed E-state index contributed by atoms with van der Waals surface area (Å²) in [7, 11) is 1.47. The van der Waals surface area contributed by atoms with Crippen LogP contribution >= 0.6 is 0 Å². The van der Waals surface area contributed by atoms with Crippen LogP contribution in [0.3, 0.4) is 0 Å². The average molecular weight is 201 g/mol. The van der Waals surface area contributed by atoms with Gasteiger partial charge in [0.1, 0.15) is 17.4 Å². The Bertz CT molecular complexity index is 607. The summed E-state index contributed by atoms with van der Waals surface area (Å²) in [6, 6.07) is 8.03. The SMILES string of the molecule is COc1c(C#N)ccc2oc(=O)ccc12. The maximum absolute atomic E-state index is 11.0. The Morgan fingerprint density at radius 1 is 1.33 bits per heavy atom. The van der Waals surface area contributed by atoms with Crippen molar-refractivity contribution in [2.45, 2.75) is 0 Å². The Hall–Kier alpha value is -2.28. The van der Waals surface area contributed by atoms with Crippen LogP contribution in [0.25, 0.3) is 11.0 Å². The molecular weight excluding hydrogens is 194 g/mol. The molecule has 0 radical (unpaired) electrons. The minimum absolute atomic E-state index is 0.415. The zero-order valence-electron chi connectivity index (χ0n) is 7.98. The first kappa shape index (κ1) is 9.28. The van der Waals surface area contributed by atoms with E-state index >= 15 is 0 Å². The van der Waals surface area contributed by atoms with Gasteiger partial charge in [-0.25, -0.2) is 4.79 Å². The lowest BCUT2D eigenvalue weighted by Gasteiger charge is -2.05. The van der Waals surface area contributed by atoms with Crippen molar-refractivity contribution in [2.75, 3.05) is 7.11 Å². The van der Waals surface area contributed by atoms with Crippen LogP contribution in [0.4, 0.5) is 0 Å². The first-order valence-electron chi connectivity index (χ1n) is 4.27. The molecule has 0 saturated carbocycles. The molecule has 0 aliphatic carbocycles. The van der Waals surface area contributed by atoms with Crippen molar-refractivity contribution in [1.29, 1.82) is 5.26 Å². The van der Waals surface area contributed by atoms with Gasteiger partial charge in [0.25, 0.3) is 0 Å². The second-order valence-electron chi connectivity index (χ2n) is 2.92. The summed E-state index contributed by atoms with van der Waals surface area (Å²) in [6.07, 6.45) is 0. The minimum atomic E-state index is -0.422. The van der Waals surface area contributed by atoms with Gasteiger partial charge in [0.05, 0.1) is 18.1 Å². The van der Waals surface area contributed by atoms with Crippen molar-refractivity contribution < 1.29 is 9.15 Å². The molecule has 74 valence electrons. The predicted molar refractivity (Wildman–Crippen MR) is 53.8 cm³/mol. The van der Waals surface area contributed by atoms with E-state index in [0.717, 1.165) is 0 Å². The number of hydrogen-bond acceptors (Lipinski definition) is 4. The van der Waals surface area contributed by atoms with Crippen LogP contribution in [0.5, 0.6) is 5.75 Å². The number of nitrogens with zero attached hydrogens (tertiary/aromatic N) is 1. The molecule has 0 N–H and O–H groups in total. The van der Waals surface area contributed by atoms with E-state index in [1.807, 2.05) is 6.07 Å². The predicted octanol–water partition coefficient (Wildman–Crippen LogP) is 1.67. The molecule has 0 unspecified atom stereocenters. The Morgan fingerprint density at radius 2 is 2.13 bits per heavy atom. The molecule has 4 heteroatoms. The smallest absolute Gasteiger partial charge is 0.336 e.